The van der Waals surface area contributed by atoms with Gasteiger partial charge in [0.05, 0.1) is 12.7 Å². The minimum Gasteiger partial charge on any atom is -0.453 e. The van der Waals surface area contributed by atoms with Gasteiger partial charge in [-0.1, -0.05) is 53.6 Å². The fourth-order valence-electron chi connectivity index (χ4n) is 6.42. The smallest absolute Gasteiger partial charge is 0.406 e. The van der Waals surface area contributed by atoms with Crippen molar-refractivity contribution in [1.82, 2.24) is 10.2 Å². The molecule has 2 amide bonds. The second kappa shape index (κ2) is 13.2. The van der Waals surface area contributed by atoms with Crippen molar-refractivity contribution >= 4 is 23.6 Å². The Balaban J connectivity index is 1.64. The van der Waals surface area contributed by atoms with Crippen LogP contribution in [0.25, 0.3) is 0 Å². The number of alkyl carbamates (subject to hydrolysis) is 1. The van der Waals surface area contributed by atoms with Crippen LogP contribution in [0.2, 0.25) is 5.02 Å². The number of carbonyl (C=O) groups excluding carboxylic acids is 2. The van der Waals surface area contributed by atoms with E-state index in [9.17, 15) is 14.7 Å². The van der Waals surface area contributed by atoms with Gasteiger partial charge in [-0.2, -0.15) is 0 Å². The number of halogens is 1. The van der Waals surface area contributed by atoms with E-state index in [1.165, 1.54) is 12.7 Å². The molecule has 0 aromatic heterocycles. The Kier molecular flexibility index (Phi) is 9.91. The number of hydrogen-bond acceptors (Lipinski definition) is 5. The van der Waals surface area contributed by atoms with Gasteiger partial charge >= 0.3 is 6.09 Å². The van der Waals surface area contributed by atoms with Crippen LogP contribution in [0.15, 0.2) is 42.5 Å². The number of nitrogens with zero attached hydrogens (tertiary/aromatic N) is 1. The lowest BCUT2D eigenvalue weighted by Gasteiger charge is -2.44. The predicted molar refractivity (Wildman–Crippen MR) is 154 cm³/mol. The van der Waals surface area contributed by atoms with Crippen LogP contribution < -0.4 is 11.1 Å². The van der Waals surface area contributed by atoms with Crippen LogP contribution >= 0.6 is 11.6 Å². The summed E-state index contributed by atoms with van der Waals surface area (Å²) in [4.78, 5) is 27.0. The van der Waals surface area contributed by atoms with E-state index in [2.05, 4.69) is 30.4 Å². The van der Waals surface area contributed by atoms with Gasteiger partial charge in [0.15, 0.2) is 0 Å². The zero-order chi connectivity index (χ0) is 28.0. The topological polar surface area (TPSA) is 105 Å². The van der Waals surface area contributed by atoms with Crippen molar-refractivity contribution in [3.05, 3.63) is 69.7 Å². The Morgan fingerprint density at radius 2 is 2.00 bits per heavy atom. The van der Waals surface area contributed by atoms with Crippen LogP contribution in [-0.2, 0) is 21.6 Å². The highest BCUT2D eigenvalue weighted by atomic mass is 35.5. The summed E-state index contributed by atoms with van der Waals surface area (Å²) in [5.74, 6) is -0.0364. The van der Waals surface area contributed by atoms with Crippen molar-refractivity contribution in [2.45, 2.75) is 69.9 Å². The van der Waals surface area contributed by atoms with Gasteiger partial charge in [-0.3, -0.25) is 4.79 Å². The standard InChI is InChI=1S/C31H42ClN3O4/c1-21-7-3-8-22(17-21)18-26-27(10-4-11-28(26)32)31(38,14-6-15-34-30(37)39-2)24-9-5-16-35(20-24)29(36)23-12-13-25(33)19-23/h3-4,7-8,10-11,17,23-25,38H,5-6,9,12-16,18-20,33H2,1-2H3,(H,34,37). The molecule has 4 rings (SSSR count). The van der Waals surface area contributed by atoms with Gasteiger partial charge in [-0.25, -0.2) is 4.79 Å². The number of ether oxygens (including phenoxy) is 1. The van der Waals surface area contributed by atoms with Gasteiger partial charge in [-0.05, 0) is 81.0 Å². The maximum absolute atomic E-state index is 13.4. The van der Waals surface area contributed by atoms with Crippen molar-refractivity contribution in [3.63, 3.8) is 0 Å². The SMILES string of the molecule is COC(=O)NCCCC(O)(c1cccc(Cl)c1Cc1cccc(C)c1)C1CCCN(C(=O)C2CCC(N)C2)C1. The number of nitrogens with two attached hydrogens (primary N) is 1. The minimum atomic E-state index is -1.23. The highest BCUT2D eigenvalue weighted by Crippen LogP contribution is 2.43. The molecule has 0 bridgehead atoms. The number of benzene rings is 2. The molecule has 212 valence electrons. The summed E-state index contributed by atoms with van der Waals surface area (Å²) in [6, 6.07) is 14.1. The predicted octanol–water partition coefficient (Wildman–Crippen LogP) is 4.93. The van der Waals surface area contributed by atoms with E-state index in [1.807, 2.05) is 29.2 Å². The average molecular weight is 556 g/mol. The second-order valence-corrected chi connectivity index (χ2v) is 11.7. The Labute approximate surface area is 237 Å². The number of rotatable bonds is 9. The monoisotopic (exact) mass is 555 g/mol. The third-order valence-corrected chi connectivity index (χ3v) is 8.82. The molecule has 39 heavy (non-hydrogen) atoms. The van der Waals surface area contributed by atoms with E-state index in [4.69, 9.17) is 22.1 Å². The van der Waals surface area contributed by atoms with Crippen LogP contribution in [0.5, 0.6) is 0 Å². The molecular formula is C31H42ClN3O4. The maximum Gasteiger partial charge on any atom is 0.406 e. The first-order valence-corrected chi connectivity index (χ1v) is 14.5. The maximum atomic E-state index is 13.4. The Morgan fingerprint density at radius 3 is 2.72 bits per heavy atom. The fourth-order valence-corrected chi connectivity index (χ4v) is 6.66. The number of likely N-dealkylation sites (tertiary alicyclic amines) is 1. The molecule has 0 radical (unpaired) electrons. The average Bonchev–Trinajstić information content (AvgIpc) is 3.37. The quantitative estimate of drug-likeness (QED) is 0.381. The van der Waals surface area contributed by atoms with E-state index in [1.54, 1.807) is 0 Å². The molecule has 2 fully saturated rings. The molecule has 1 saturated heterocycles. The third kappa shape index (κ3) is 7.13. The molecule has 4 N–H and O–H groups in total. The first kappa shape index (κ1) is 29.4. The van der Waals surface area contributed by atoms with E-state index >= 15 is 0 Å². The molecule has 8 heteroatoms. The lowest BCUT2D eigenvalue weighted by Crippen LogP contribution is -2.50. The number of nitrogens with one attached hydrogen (secondary N) is 1. The number of aliphatic hydroxyl groups is 1. The van der Waals surface area contributed by atoms with Gasteiger partial charge in [0.25, 0.3) is 0 Å². The van der Waals surface area contributed by atoms with Gasteiger partial charge in [0.2, 0.25) is 5.91 Å². The van der Waals surface area contributed by atoms with Crippen LogP contribution in [0.3, 0.4) is 0 Å². The lowest BCUT2D eigenvalue weighted by atomic mass is 9.72. The third-order valence-electron chi connectivity index (χ3n) is 8.47. The van der Waals surface area contributed by atoms with Crippen LogP contribution in [0, 0.1) is 18.8 Å². The molecule has 2 aromatic carbocycles. The van der Waals surface area contributed by atoms with Crippen molar-refractivity contribution in [3.8, 4) is 0 Å². The van der Waals surface area contributed by atoms with Crippen molar-refractivity contribution in [2.24, 2.45) is 17.6 Å². The van der Waals surface area contributed by atoms with Gasteiger partial charge in [0, 0.05) is 42.5 Å². The summed E-state index contributed by atoms with van der Waals surface area (Å²) >= 11 is 6.80. The summed E-state index contributed by atoms with van der Waals surface area (Å²) < 4.78 is 4.71. The van der Waals surface area contributed by atoms with E-state index in [-0.39, 0.29) is 23.8 Å². The van der Waals surface area contributed by atoms with Crippen molar-refractivity contribution in [2.75, 3.05) is 26.7 Å². The van der Waals surface area contributed by atoms with Crippen molar-refractivity contribution < 1.29 is 19.4 Å². The molecule has 1 heterocycles. The second-order valence-electron chi connectivity index (χ2n) is 11.3. The van der Waals surface area contributed by atoms with Crippen LogP contribution in [0.1, 0.15) is 67.2 Å². The highest BCUT2D eigenvalue weighted by Gasteiger charge is 2.43. The summed E-state index contributed by atoms with van der Waals surface area (Å²) in [5.41, 5.74) is 8.87. The Hall–Kier alpha value is -2.61. The molecular weight excluding hydrogens is 514 g/mol. The molecule has 0 spiro atoms. The van der Waals surface area contributed by atoms with Gasteiger partial charge in [0.1, 0.15) is 0 Å². The molecule has 1 aliphatic heterocycles. The van der Waals surface area contributed by atoms with Gasteiger partial charge in [-0.15, -0.1) is 0 Å². The zero-order valence-electron chi connectivity index (χ0n) is 23.1. The molecule has 2 aromatic rings. The first-order valence-electron chi connectivity index (χ1n) is 14.1. The number of amides is 2. The lowest BCUT2D eigenvalue weighted by molar-refractivity contribution is -0.141. The number of aryl methyl sites for hydroxylation is 1. The van der Waals surface area contributed by atoms with E-state index in [0.29, 0.717) is 43.9 Å². The molecule has 1 aliphatic carbocycles. The summed E-state index contributed by atoms with van der Waals surface area (Å²) in [6.07, 6.45) is 5.13. The molecule has 7 nitrogen and oxygen atoms in total. The van der Waals surface area contributed by atoms with E-state index < -0.39 is 11.7 Å². The highest BCUT2D eigenvalue weighted by molar-refractivity contribution is 6.31. The summed E-state index contributed by atoms with van der Waals surface area (Å²) in [6.45, 7) is 3.62. The van der Waals surface area contributed by atoms with Crippen LogP contribution in [-0.4, -0.2) is 54.8 Å². The number of piperidine rings is 1. The van der Waals surface area contributed by atoms with Crippen LogP contribution in [0.4, 0.5) is 4.79 Å². The fraction of sp³-hybridized carbons (Fsp3) is 0.548. The summed E-state index contributed by atoms with van der Waals surface area (Å²) in [5, 5.41) is 16.0. The molecule has 4 unspecified atom stereocenters. The largest absolute Gasteiger partial charge is 0.453 e. The van der Waals surface area contributed by atoms with Gasteiger partial charge < -0.3 is 25.8 Å². The number of carbonyl (C=O) groups is 2. The first-order chi connectivity index (χ1) is 18.7. The van der Waals surface area contributed by atoms with Crippen molar-refractivity contribution in [1.29, 1.82) is 0 Å². The normalized spacial score (nSPS) is 22.8. The molecule has 4 atom stereocenters. The number of hydrogen-bond donors (Lipinski definition) is 3. The molecule has 1 saturated carbocycles. The Bertz CT molecular complexity index is 1160. The summed E-state index contributed by atoms with van der Waals surface area (Å²) in [7, 11) is 1.33. The van der Waals surface area contributed by atoms with E-state index in [0.717, 1.165) is 48.8 Å². The zero-order valence-corrected chi connectivity index (χ0v) is 23.9. The Morgan fingerprint density at radius 1 is 1.21 bits per heavy atom. The number of methoxy groups -OCH3 is 1. The molecule has 2 aliphatic rings. The minimum absolute atomic E-state index is 0.0286.